The van der Waals surface area contributed by atoms with Gasteiger partial charge in [-0.05, 0) is 49.2 Å². The molecule has 0 aliphatic heterocycles. The number of benzene rings is 3. The Kier molecular flexibility index (Phi) is 6.94. The summed E-state index contributed by atoms with van der Waals surface area (Å²) in [5.74, 6) is -0.365. The summed E-state index contributed by atoms with van der Waals surface area (Å²) in [5, 5.41) is 13.2. The van der Waals surface area contributed by atoms with Gasteiger partial charge in [-0.25, -0.2) is 9.48 Å². The Balaban J connectivity index is 1.48. The van der Waals surface area contributed by atoms with Gasteiger partial charge < -0.3 is 16.0 Å². The van der Waals surface area contributed by atoms with Gasteiger partial charge in [-0.1, -0.05) is 66.2 Å². The summed E-state index contributed by atoms with van der Waals surface area (Å²) in [5.41, 5.74) is 4.50. The van der Waals surface area contributed by atoms with Gasteiger partial charge in [0.25, 0.3) is 5.91 Å². The third-order valence-corrected chi connectivity index (χ3v) is 5.63. The summed E-state index contributed by atoms with van der Waals surface area (Å²) in [7, 11) is 0. The van der Waals surface area contributed by atoms with Crippen molar-refractivity contribution in [1.29, 1.82) is 0 Å². The molecule has 1 aromatic heterocycles. The molecular weight excluding hydrogens is 450 g/mol. The molecule has 3 aromatic carbocycles. The molecule has 0 saturated heterocycles. The van der Waals surface area contributed by atoms with Crippen molar-refractivity contribution in [3.63, 3.8) is 0 Å². The van der Waals surface area contributed by atoms with Crippen LogP contribution in [-0.2, 0) is 6.54 Å². The number of rotatable bonds is 6. The number of nitrogens with one attached hydrogen (secondary N) is 3. The van der Waals surface area contributed by atoms with Gasteiger partial charge in [0.05, 0.1) is 17.8 Å². The number of urea groups is 1. The Hall–Kier alpha value is -4.10. The molecule has 7 nitrogen and oxygen atoms in total. The van der Waals surface area contributed by atoms with Gasteiger partial charge in [0.2, 0.25) is 0 Å². The fourth-order valence-corrected chi connectivity index (χ4v) is 3.83. The number of para-hydroxylation sites is 1. The first kappa shape index (κ1) is 23.1. The quantitative estimate of drug-likeness (QED) is 0.316. The summed E-state index contributed by atoms with van der Waals surface area (Å²) in [6.07, 6.45) is 0. The van der Waals surface area contributed by atoms with E-state index >= 15 is 0 Å². The molecule has 3 amide bonds. The van der Waals surface area contributed by atoms with Gasteiger partial charge in [0, 0.05) is 17.1 Å². The van der Waals surface area contributed by atoms with Crippen LogP contribution < -0.4 is 16.0 Å². The zero-order valence-electron chi connectivity index (χ0n) is 18.8. The average molecular weight is 474 g/mol. The molecule has 4 aromatic rings. The molecule has 0 unspecified atom stereocenters. The second-order valence-corrected chi connectivity index (χ2v) is 8.18. The highest BCUT2D eigenvalue weighted by atomic mass is 35.5. The van der Waals surface area contributed by atoms with Crippen LogP contribution in [0.3, 0.4) is 0 Å². The Morgan fingerprint density at radius 2 is 1.50 bits per heavy atom. The van der Waals surface area contributed by atoms with Crippen LogP contribution in [0.1, 0.15) is 27.2 Å². The average Bonchev–Trinajstić information content (AvgIpc) is 3.10. The summed E-state index contributed by atoms with van der Waals surface area (Å²) in [4.78, 5) is 25.4. The summed E-state index contributed by atoms with van der Waals surface area (Å²) in [6, 6.07) is 23.8. The first-order valence-corrected chi connectivity index (χ1v) is 11.1. The predicted octanol–water partition coefficient (Wildman–Crippen LogP) is 6.10. The number of anilines is 3. The summed E-state index contributed by atoms with van der Waals surface area (Å²) < 4.78 is 1.61. The number of nitrogens with zero attached hydrogens (tertiary/aromatic N) is 2. The van der Waals surface area contributed by atoms with Crippen molar-refractivity contribution in [2.24, 2.45) is 0 Å². The number of halogens is 1. The summed E-state index contributed by atoms with van der Waals surface area (Å²) >= 11 is 6.53. The fraction of sp³-hybridized carbons (Fsp3) is 0.115. The topological polar surface area (TPSA) is 88.1 Å². The Labute approximate surface area is 202 Å². The molecule has 0 aliphatic rings. The second kappa shape index (κ2) is 10.2. The molecule has 0 spiro atoms. The van der Waals surface area contributed by atoms with E-state index in [1.54, 1.807) is 35.9 Å². The first-order valence-electron chi connectivity index (χ1n) is 10.7. The number of amides is 3. The van der Waals surface area contributed by atoms with Gasteiger partial charge in [-0.3, -0.25) is 4.79 Å². The lowest BCUT2D eigenvalue weighted by Gasteiger charge is -2.12. The molecule has 0 atom stereocenters. The molecule has 34 heavy (non-hydrogen) atoms. The van der Waals surface area contributed by atoms with Gasteiger partial charge in [0.1, 0.15) is 5.15 Å². The third-order valence-electron chi connectivity index (χ3n) is 5.24. The van der Waals surface area contributed by atoms with Crippen molar-refractivity contribution in [2.45, 2.75) is 20.4 Å². The zero-order chi connectivity index (χ0) is 24.1. The molecular formula is C26H24ClN5O2. The minimum Gasteiger partial charge on any atom is -0.322 e. The van der Waals surface area contributed by atoms with E-state index < -0.39 is 0 Å². The number of carbonyl (C=O) groups excluding carboxylic acids is 2. The molecule has 172 valence electrons. The first-order chi connectivity index (χ1) is 16.4. The molecule has 8 heteroatoms. The normalized spacial score (nSPS) is 10.6. The molecule has 4 rings (SSSR count). The van der Waals surface area contributed by atoms with E-state index in [-0.39, 0.29) is 17.1 Å². The molecule has 0 radical (unpaired) electrons. The predicted molar refractivity (Wildman–Crippen MR) is 136 cm³/mol. The number of aromatic nitrogens is 2. The number of hydrogen-bond donors (Lipinski definition) is 3. The highest BCUT2D eigenvalue weighted by Crippen LogP contribution is 2.25. The van der Waals surface area contributed by atoms with Crippen LogP contribution in [0.4, 0.5) is 21.9 Å². The fourth-order valence-electron chi connectivity index (χ4n) is 3.51. The highest BCUT2D eigenvalue weighted by molar-refractivity contribution is 6.33. The van der Waals surface area contributed by atoms with Crippen LogP contribution in [0.25, 0.3) is 0 Å². The van der Waals surface area contributed by atoms with Gasteiger partial charge >= 0.3 is 6.03 Å². The monoisotopic (exact) mass is 473 g/mol. The standard InChI is InChI=1S/C26H24ClN5O2/c1-17-13-14-21(29-26(34)28-20-11-7-4-8-12-20)15-22(17)30-25(33)23-18(2)31-32(24(23)27)16-19-9-5-3-6-10-19/h3-15H,16H2,1-2H3,(H,30,33)(H2,28,29,34). The maximum Gasteiger partial charge on any atom is 0.323 e. The van der Waals surface area contributed by atoms with Crippen LogP contribution >= 0.6 is 11.6 Å². The van der Waals surface area contributed by atoms with Crippen molar-refractivity contribution in [1.82, 2.24) is 9.78 Å². The van der Waals surface area contributed by atoms with Gasteiger partial charge in [0.15, 0.2) is 0 Å². The SMILES string of the molecule is Cc1ccc(NC(=O)Nc2ccccc2)cc1NC(=O)c1c(C)nn(Cc2ccccc2)c1Cl. The number of carbonyl (C=O) groups is 2. The Morgan fingerprint density at radius 3 is 2.21 bits per heavy atom. The second-order valence-electron chi connectivity index (χ2n) is 7.82. The van der Waals surface area contributed by atoms with Gasteiger partial charge in [-0.15, -0.1) is 0 Å². The van der Waals surface area contributed by atoms with E-state index in [9.17, 15) is 9.59 Å². The number of aryl methyl sites for hydroxylation is 2. The minimum absolute atomic E-state index is 0.271. The number of hydrogen-bond acceptors (Lipinski definition) is 3. The van der Waals surface area contributed by atoms with Crippen LogP contribution in [0.15, 0.2) is 78.9 Å². The molecule has 3 N–H and O–H groups in total. The van der Waals surface area contributed by atoms with E-state index in [0.29, 0.717) is 34.9 Å². The molecule has 1 heterocycles. The van der Waals surface area contributed by atoms with E-state index in [0.717, 1.165) is 11.1 Å². The zero-order valence-corrected chi connectivity index (χ0v) is 19.6. The molecule has 0 bridgehead atoms. The van der Waals surface area contributed by atoms with Crippen molar-refractivity contribution in [3.05, 3.63) is 106 Å². The van der Waals surface area contributed by atoms with Crippen molar-refractivity contribution >= 4 is 40.6 Å². The van der Waals surface area contributed by atoms with E-state index in [2.05, 4.69) is 21.0 Å². The Bertz CT molecular complexity index is 1320. The third kappa shape index (κ3) is 5.44. The molecule has 0 saturated carbocycles. The Morgan fingerprint density at radius 1 is 0.853 bits per heavy atom. The minimum atomic E-state index is -0.381. The molecule has 0 fully saturated rings. The van der Waals surface area contributed by atoms with E-state index in [1.165, 1.54) is 0 Å². The van der Waals surface area contributed by atoms with Crippen molar-refractivity contribution in [2.75, 3.05) is 16.0 Å². The lowest BCUT2D eigenvalue weighted by atomic mass is 10.1. The van der Waals surface area contributed by atoms with Crippen LogP contribution in [0.5, 0.6) is 0 Å². The van der Waals surface area contributed by atoms with E-state index in [1.807, 2.05) is 61.5 Å². The highest BCUT2D eigenvalue weighted by Gasteiger charge is 2.21. The molecule has 0 aliphatic carbocycles. The summed E-state index contributed by atoms with van der Waals surface area (Å²) in [6.45, 7) is 4.08. The largest absolute Gasteiger partial charge is 0.323 e. The maximum atomic E-state index is 13.1. The van der Waals surface area contributed by atoms with Crippen LogP contribution in [-0.4, -0.2) is 21.7 Å². The lowest BCUT2D eigenvalue weighted by molar-refractivity contribution is 0.102. The lowest BCUT2D eigenvalue weighted by Crippen LogP contribution is -2.20. The maximum absolute atomic E-state index is 13.1. The smallest absolute Gasteiger partial charge is 0.322 e. The van der Waals surface area contributed by atoms with E-state index in [4.69, 9.17) is 11.6 Å². The van der Waals surface area contributed by atoms with Crippen LogP contribution in [0.2, 0.25) is 5.15 Å². The van der Waals surface area contributed by atoms with Crippen molar-refractivity contribution < 1.29 is 9.59 Å². The van der Waals surface area contributed by atoms with Crippen molar-refractivity contribution in [3.8, 4) is 0 Å². The van der Waals surface area contributed by atoms with Gasteiger partial charge in [-0.2, -0.15) is 5.10 Å². The van der Waals surface area contributed by atoms with Crippen LogP contribution in [0, 0.1) is 13.8 Å².